The molecule has 0 aliphatic heterocycles. The predicted molar refractivity (Wildman–Crippen MR) is 169 cm³/mol. The smallest absolute Gasteiger partial charge is 0.270 e. The molecule has 42 heavy (non-hydrogen) atoms. The summed E-state index contributed by atoms with van der Waals surface area (Å²) in [6.45, 7) is 7.35. The highest BCUT2D eigenvalue weighted by atomic mass is 16.3. The minimum absolute atomic E-state index is 0.167. The van der Waals surface area contributed by atoms with E-state index in [4.69, 9.17) is 11.6 Å². The van der Waals surface area contributed by atoms with Crippen LogP contribution in [0, 0.1) is 6.57 Å². The lowest BCUT2D eigenvalue weighted by Crippen LogP contribution is -2.00. The zero-order valence-electron chi connectivity index (χ0n) is 22.5. The summed E-state index contributed by atoms with van der Waals surface area (Å²) in [6.07, 6.45) is 0. The van der Waals surface area contributed by atoms with Gasteiger partial charge in [-0.3, -0.25) is 4.57 Å². The van der Waals surface area contributed by atoms with Gasteiger partial charge >= 0.3 is 0 Å². The average Bonchev–Trinajstić information content (AvgIpc) is 3.45. The number of rotatable bonds is 5. The van der Waals surface area contributed by atoms with E-state index in [1.54, 1.807) is 12.1 Å². The molecule has 0 atom stereocenters. The normalized spacial score (nSPS) is 10.9. The summed E-state index contributed by atoms with van der Waals surface area (Å²) in [5, 5.41) is 11.0. The monoisotopic (exact) mass is 540 g/mol. The summed E-state index contributed by atoms with van der Waals surface area (Å²) < 4.78 is 2.14. The van der Waals surface area contributed by atoms with E-state index in [9.17, 15) is 5.11 Å². The van der Waals surface area contributed by atoms with Crippen LogP contribution in [-0.4, -0.2) is 19.6 Å². The van der Waals surface area contributed by atoms with Crippen molar-refractivity contribution in [3.63, 3.8) is 0 Å². The molecular formula is C37H24N4O. The number of phenols is 1. The van der Waals surface area contributed by atoms with Crippen molar-refractivity contribution < 1.29 is 5.11 Å². The Hall–Kier alpha value is -5.99. The molecule has 0 unspecified atom stereocenters. The van der Waals surface area contributed by atoms with Gasteiger partial charge in [0.25, 0.3) is 5.82 Å². The first-order chi connectivity index (χ1) is 20.7. The Labute approximate surface area is 243 Å². The van der Waals surface area contributed by atoms with Gasteiger partial charge in [0, 0.05) is 16.7 Å². The zero-order chi connectivity index (χ0) is 28.5. The first-order valence-electron chi connectivity index (χ1n) is 13.6. The van der Waals surface area contributed by atoms with Crippen LogP contribution in [0.4, 0.5) is 5.82 Å². The molecule has 0 saturated heterocycles. The third-order valence-electron chi connectivity index (χ3n) is 7.38. The molecule has 5 aromatic carbocycles. The molecule has 5 heteroatoms. The highest BCUT2D eigenvalue weighted by molar-refractivity contribution is 5.97. The largest absolute Gasteiger partial charge is 0.507 e. The number of pyridine rings is 1. The van der Waals surface area contributed by atoms with Gasteiger partial charge in [-0.1, -0.05) is 104 Å². The number of benzene rings is 5. The van der Waals surface area contributed by atoms with E-state index in [1.165, 1.54) is 0 Å². The SMILES string of the molecule is [C-]#[N+]c1cccc(-c2cccc(-c3cccc4c3nc(-c3ccccc3O)n4-c3ccccc3-c3ccccc3)c2)n1. The number of aromatic hydroxyl groups is 1. The van der Waals surface area contributed by atoms with Gasteiger partial charge in [0.15, 0.2) is 5.69 Å². The maximum Gasteiger partial charge on any atom is 0.270 e. The van der Waals surface area contributed by atoms with E-state index in [2.05, 4.69) is 62.9 Å². The quantitative estimate of drug-likeness (QED) is 0.221. The van der Waals surface area contributed by atoms with Crippen molar-refractivity contribution in [1.82, 2.24) is 14.5 Å². The van der Waals surface area contributed by atoms with E-state index < -0.39 is 0 Å². The van der Waals surface area contributed by atoms with Crippen molar-refractivity contribution in [1.29, 1.82) is 0 Å². The standard InChI is InChI=1S/C37H24N4O/c1-38-35-23-11-19-31(39-35)27-15-9-14-26(24-27)29-18-10-21-33-36(29)40-37(30-17-6-8-22-34(30)42)41(33)32-20-7-5-16-28(32)25-12-3-2-4-13-25/h2-24,42H. The van der Waals surface area contributed by atoms with E-state index in [0.717, 1.165) is 50.2 Å². The number of aromatic nitrogens is 3. The molecule has 0 aliphatic carbocycles. The Morgan fingerprint density at radius 1 is 0.571 bits per heavy atom. The first kappa shape index (κ1) is 25.0. The summed E-state index contributed by atoms with van der Waals surface area (Å²) in [5.74, 6) is 1.19. The maximum absolute atomic E-state index is 11.0. The minimum atomic E-state index is 0.167. The summed E-state index contributed by atoms with van der Waals surface area (Å²) in [6, 6.07) is 45.7. The molecule has 2 aromatic heterocycles. The first-order valence-corrected chi connectivity index (χ1v) is 13.6. The molecule has 1 N–H and O–H groups in total. The summed E-state index contributed by atoms with van der Waals surface area (Å²) in [5.41, 5.74) is 9.13. The summed E-state index contributed by atoms with van der Waals surface area (Å²) in [7, 11) is 0. The average molecular weight is 541 g/mol. The van der Waals surface area contributed by atoms with Gasteiger partial charge in [0.05, 0.1) is 22.3 Å². The van der Waals surface area contributed by atoms with Gasteiger partial charge in [-0.05, 0) is 53.6 Å². The second kappa shape index (κ2) is 10.5. The molecule has 7 rings (SSSR count). The Morgan fingerprint density at radius 2 is 1.24 bits per heavy atom. The third-order valence-corrected chi connectivity index (χ3v) is 7.38. The van der Waals surface area contributed by atoms with Gasteiger partial charge in [-0.25, -0.2) is 4.98 Å². The molecule has 0 spiro atoms. The third kappa shape index (κ3) is 4.38. The lowest BCUT2D eigenvalue weighted by Gasteiger charge is -2.15. The van der Waals surface area contributed by atoms with E-state index in [0.29, 0.717) is 17.2 Å². The van der Waals surface area contributed by atoms with Crippen LogP contribution in [0.1, 0.15) is 0 Å². The summed E-state index contributed by atoms with van der Waals surface area (Å²) in [4.78, 5) is 13.2. The maximum atomic E-state index is 11.0. The van der Waals surface area contributed by atoms with Crippen LogP contribution in [0.5, 0.6) is 5.75 Å². The Morgan fingerprint density at radius 3 is 2.07 bits per heavy atom. The lowest BCUT2D eigenvalue weighted by atomic mass is 10.00. The van der Waals surface area contributed by atoms with Crippen LogP contribution in [0.25, 0.3) is 66.5 Å². The number of imidazole rings is 1. The Balaban J connectivity index is 1.49. The molecule has 7 aromatic rings. The molecule has 0 bridgehead atoms. The number of para-hydroxylation sites is 3. The number of nitrogens with zero attached hydrogens (tertiary/aromatic N) is 4. The topological polar surface area (TPSA) is 55.3 Å². The molecule has 0 fully saturated rings. The molecule has 2 heterocycles. The number of phenolic OH excluding ortho intramolecular Hbond substituents is 1. The van der Waals surface area contributed by atoms with Crippen LogP contribution in [0.15, 0.2) is 140 Å². The van der Waals surface area contributed by atoms with Crippen molar-refractivity contribution in [2.24, 2.45) is 0 Å². The minimum Gasteiger partial charge on any atom is -0.507 e. The van der Waals surface area contributed by atoms with Crippen molar-refractivity contribution in [3.05, 3.63) is 151 Å². The second-order valence-corrected chi connectivity index (χ2v) is 9.92. The van der Waals surface area contributed by atoms with E-state index in [1.807, 2.05) is 78.9 Å². The van der Waals surface area contributed by atoms with Gasteiger partial charge in [0.2, 0.25) is 0 Å². The van der Waals surface area contributed by atoms with Gasteiger partial charge in [0.1, 0.15) is 11.6 Å². The fraction of sp³-hybridized carbons (Fsp3) is 0. The van der Waals surface area contributed by atoms with Crippen molar-refractivity contribution in [2.75, 3.05) is 0 Å². The fourth-order valence-electron chi connectivity index (χ4n) is 5.44. The molecule has 5 nitrogen and oxygen atoms in total. The highest BCUT2D eigenvalue weighted by Crippen LogP contribution is 2.40. The van der Waals surface area contributed by atoms with Crippen molar-refractivity contribution in [2.45, 2.75) is 0 Å². The van der Waals surface area contributed by atoms with Crippen molar-refractivity contribution in [3.8, 4) is 56.3 Å². The molecule has 0 saturated carbocycles. The van der Waals surface area contributed by atoms with Gasteiger partial charge in [-0.2, -0.15) is 0 Å². The Kier molecular flexibility index (Phi) is 6.27. The number of fused-ring (bicyclic) bond motifs is 1. The van der Waals surface area contributed by atoms with Crippen LogP contribution >= 0.6 is 0 Å². The summed E-state index contributed by atoms with van der Waals surface area (Å²) >= 11 is 0. The molecular weight excluding hydrogens is 516 g/mol. The second-order valence-electron chi connectivity index (χ2n) is 9.92. The van der Waals surface area contributed by atoms with E-state index in [-0.39, 0.29) is 5.75 Å². The van der Waals surface area contributed by atoms with Crippen LogP contribution in [-0.2, 0) is 0 Å². The molecule has 0 radical (unpaired) electrons. The molecule has 198 valence electrons. The number of hydrogen-bond donors (Lipinski definition) is 1. The number of hydrogen-bond acceptors (Lipinski definition) is 3. The van der Waals surface area contributed by atoms with E-state index >= 15 is 0 Å². The zero-order valence-corrected chi connectivity index (χ0v) is 22.5. The van der Waals surface area contributed by atoms with Gasteiger partial charge in [-0.15, -0.1) is 4.98 Å². The lowest BCUT2D eigenvalue weighted by molar-refractivity contribution is 0.477. The predicted octanol–water partition coefficient (Wildman–Crippen LogP) is 9.34. The van der Waals surface area contributed by atoms with Crippen molar-refractivity contribution >= 4 is 16.9 Å². The van der Waals surface area contributed by atoms with Gasteiger partial charge < -0.3 is 9.95 Å². The van der Waals surface area contributed by atoms with Crippen LogP contribution in [0.3, 0.4) is 0 Å². The Bertz CT molecular complexity index is 2120. The molecule has 0 amide bonds. The van der Waals surface area contributed by atoms with Crippen LogP contribution in [0.2, 0.25) is 0 Å². The molecule has 0 aliphatic rings. The fourth-order valence-corrected chi connectivity index (χ4v) is 5.44. The van der Waals surface area contributed by atoms with Crippen LogP contribution < -0.4 is 0 Å². The highest BCUT2D eigenvalue weighted by Gasteiger charge is 2.21.